The summed E-state index contributed by atoms with van der Waals surface area (Å²) in [6, 6.07) is 0. The van der Waals surface area contributed by atoms with E-state index >= 15 is 0 Å². The second kappa shape index (κ2) is 10.2. The Hall–Kier alpha value is -0.610. The Bertz CT molecular complexity index is 347. The van der Waals surface area contributed by atoms with Crippen LogP contribution in [0.25, 0.3) is 0 Å². The molecule has 0 spiro atoms. The first kappa shape index (κ1) is 20.4. The van der Waals surface area contributed by atoms with Crippen molar-refractivity contribution in [1.29, 1.82) is 0 Å². The van der Waals surface area contributed by atoms with Crippen molar-refractivity contribution in [3.05, 3.63) is 45.6 Å². The SMILES string of the molecule is CC=C(CC)[PH](C(=CC)CC)(C(=CC)CC)C(=CC)CC. The van der Waals surface area contributed by atoms with Crippen LogP contribution in [0.2, 0.25) is 0 Å². The third kappa shape index (κ3) is 3.78. The molecule has 0 heterocycles. The van der Waals surface area contributed by atoms with Crippen molar-refractivity contribution in [3.63, 3.8) is 0 Å². The van der Waals surface area contributed by atoms with Crippen LogP contribution in [0.1, 0.15) is 81.1 Å². The van der Waals surface area contributed by atoms with Crippen LogP contribution in [-0.2, 0) is 0 Å². The Kier molecular flexibility index (Phi) is 9.88. The number of allylic oxidation sites excluding steroid dienone is 8. The molecule has 0 aliphatic heterocycles. The second-order valence-electron chi connectivity index (χ2n) is 5.42. The molecule has 0 aromatic heterocycles. The van der Waals surface area contributed by atoms with Gasteiger partial charge in [0.15, 0.2) is 0 Å². The molecule has 0 aliphatic carbocycles. The fourth-order valence-electron chi connectivity index (χ4n) is 3.98. The first-order chi connectivity index (χ1) is 10.1. The second-order valence-corrected chi connectivity index (χ2v) is 9.49. The van der Waals surface area contributed by atoms with Crippen molar-refractivity contribution in [2.75, 3.05) is 0 Å². The molecular weight excluding hydrogens is 271 g/mol. The molecule has 0 unspecified atom stereocenters. The van der Waals surface area contributed by atoms with Crippen LogP contribution in [0, 0.1) is 0 Å². The molecule has 0 fully saturated rings. The predicted molar refractivity (Wildman–Crippen MR) is 105 cm³/mol. The number of hydrogen-bond acceptors (Lipinski definition) is 0. The van der Waals surface area contributed by atoms with Crippen LogP contribution in [-0.4, -0.2) is 0 Å². The summed E-state index contributed by atoms with van der Waals surface area (Å²) in [6.45, 7) is 18.2. The number of hydrogen-bond donors (Lipinski definition) is 0. The van der Waals surface area contributed by atoms with Gasteiger partial charge in [0.2, 0.25) is 0 Å². The standard InChI is InChI=1S/C20H37P/c1-9-17(10-2)21(18(11-3)12-4,19(13-5)14-6)20(15-7)16-8/h9,11,13,15,21H,10,12,14,16H2,1-8H3. The Balaban J connectivity index is 6.79. The zero-order valence-electron chi connectivity index (χ0n) is 15.6. The molecule has 21 heavy (non-hydrogen) atoms. The van der Waals surface area contributed by atoms with Gasteiger partial charge in [-0.15, -0.1) is 0 Å². The maximum atomic E-state index is 2.41. The molecule has 1 heteroatoms. The van der Waals surface area contributed by atoms with Gasteiger partial charge in [0.25, 0.3) is 0 Å². The van der Waals surface area contributed by atoms with Crippen molar-refractivity contribution < 1.29 is 0 Å². The summed E-state index contributed by atoms with van der Waals surface area (Å²) in [5, 5.41) is 6.73. The van der Waals surface area contributed by atoms with Gasteiger partial charge in [-0.2, -0.15) is 0 Å². The van der Waals surface area contributed by atoms with Crippen molar-refractivity contribution in [2.24, 2.45) is 0 Å². The summed E-state index contributed by atoms with van der Waals surface area (Å²) >= 11 is 0. The van der Waals surface area contributed by atoms with E-state index in [0.29, 0.717) is 0 Å². The Morgan fingerprint density at radius 1 is 0.524 bits per heavy atom. The number of rotatable bonds is 8. The normalized spacial score (nSPS) is 16.4. The minimum atomic E-state index is -1.87. The van der Waals surface area contributed by atoms with Gasteiger partial charge >= 0.3 is 134 Å². The average Bonchev–Trinajstić information content (AvgIpc) is 2.51. The molecule has 0 aromatic carbocycles. The molecule has 0 saturated heterocycles. The molecule has 0 amide bonds. The van der Waals surface area contributed by atoms with E-state index in [1.807, 2.05) is 0 Å². The Morgan fingerprint density at radius 2 is 0.714 bits per heavy atom. The monoisotopic (exact) mass is 308 g/mol. The van der Waals surface area contributed by atoms with Crippen molar-refractivity contribution in [2.45, 2.75) is 81.1 Å². The summed E-state index contributed by atoms with van der Waals surface area (Å²) in [7, 11) is -1.87. The van der Waals surface area contributed by atoms with E-state index in [2.05, 4.69) is 79.7 Å². The third-order valence-corrected chi connectivity index (χ3v) is 11.3. The van der Waals surface area contributed by atoms with Crippen molar-refractivity contribution >= 4 is 7.26 Å². The molecule has 122 valence electrons. The van der Waals surface area contributed by atoms with E-state index in [1.165, 1.54) is 0 Å². The first-order valence-corrected chi connectivity index (χ1v) is 10.7. The fraction of sp³-hybridized carbons (Fsp3) is 0.600. The van der Waals surface area contributed by atoms with E-state index in [0.717, 1.165) is 25.7 Å². The first-order valence-electron chi connectivity index (χ1n) is 8.71. The van der Waals surface area contributed by atoms with Gasteiger partial charge in [-0.05, 0) is 0 Å². The molecule has 0 aromatic rings. The summed E-state index contributed by atoms with van der Waals surface area (Å²) in [6.07, 6.45) is 14.3. The van der Waals surface area contributed by atoms with Crippen LogP contribution in [0.3, 0.4) is 0 Å². The molecule has 0 saturated carbocycles. The topological polar surface area (TPSA) is 0 Å². The van der Waals surface area contributed by atoms with Gasteiger partial charge in [0.05, 0.1) is 0 Å². The zero-order chi connectivity index (χ0) is 16.5. The predicted octanol–water partition coefficient (Wildman–Crippen LogP) is 7.99. The van der Waals surface area contributed by atoms with E-state index in [-0.39, 0.29) is 0 Å². The van der Waals surface area contributed by atoms with Crippen LogP contribution < -0.4 is 0 Å². The molecule has 0 rings (SSSR count). The van der Waals surface area contributed by atoms with Crippen molar-refractivity contribution in [1.82, 2.24) is 0 Å². The molecule has 0 radical (unpaired) electrons. The van der Waals surface area contributed by atoms with Gasteiger partial charge < -0.3 is 0 Å². The molecular formula is C20H37P. The van der Waals surface area contributed by atoms with Crippen LogP contribution in [0.5, 0.6) is 0 Å². The maximum absolute atomic E-state index is 2.41. The van der Waals surface area contributed by atoms with Gasteiger partial charge in [-0.3, -0.25) is 0 Å². The third-order valence-electron chi connectivity index (χ3n) is 4.84. The quantitative estimate of drug-likeness (QED) is 0.398. The summed E-state index contributed by atoms with van der Waals surface area (Å²) in [4.78, 5) is 0. The molecule has 0 atom stereocenters. The van der Waals surface area contributed by atoms with E-state index in [1.54, 1.807) is 21.3 Å². The van der Waals surface area contributed by atoms with Gasteiger partial charge in [-0.25, -0.2) is 0 Å². The molecule has 0 N–H and O–H groups in total. The fourth-order valence-corrected chi connectivity index (χ4v) is 10.3. The Morgan fingerprint density at radius 3 is 0.810 bits per heavy atom. The summed E-state index contributed by atoms with van der Waals surface area (Å²) < 4.78 is 0. The van der Waals surface area contributed by atoms with Gasteiger partial charge in [-0.1, -0.05) is 0 Å². The average molecular weight is 308 g/mol. The summed E-state index contributed by atoms with van der Waals surface area (Å²) in [5.41, 5.74) is 0. The summed E-state index contributed by atoms with van der Waals surface area (Å²) in [5.74, 6) is 0. The van der Waals surface area contributed by atoms with Crippen LogP contribution in [0.4, 0.5) is 0 Å². The van der Waals surface area contributed by atoms with E-state index in [9.17, 15) is 0 Å². The Labute approximate surface area is 134 Å². The van der Waals surface area contributed by atoms with E-state index < -0.39 is 7.26 Å². The van der Waals surface area contributed by atoms with Gasteiger partial charge in [0.1, 0.15) is 0 Å². The molecule has 0 bridgehead atoms. The zero-order valence-corrected chi connectivity index (χ0v) is 16.6. The molecule has 0 aliphatic rings. The van der Waals surface area contributed by atoms with E-state index in [4.69, 9.17) is 0 Å². The van der Waals surface area contributed by atoms with Crippen LogP contribution in [0.15, 0.2) is 45.6 Å². The van der Waals surface area contributed by atoms with Gasteiger partial charge in [0, 0.05) is 0 Å². The van der Waals surface area contributed by atoms with Crippen molar-refractivity contribution in [3.8, 4) is 0 Å². The molecule has 0 nitrogen and oxygen atoms in total. The minimum absolute atomic E-state index is 1.16. The van der Waals surface area contributed by atoms with Crippen LogP contribution >= 0.6 is 7.26 Å².